The summed E-state index contributed by atoms with van der Waals surface area (Å²) in [4.78, 5) is 26.4. The SMILES string of the molecule is CN(C)CCCCOC(=O)Nc1cccc(Cn2nc(-c3ccc(F)c(F)c3)ccc2=O)c1.Cl. The van der Waals surface area contributed by atoms with Gasteiger partial charge < -0.3 is 9.64 Å². The maximum absolute atomic E-state index is 13.6. The van der Waals surface area contributed by atoms with Gasteiger partial charge in [0.25, 0.3) is 5.56 Å². The van der Waals surface area contributed by atoms with Gasteiger partial charge in [-0.2, -0.15) is 5.10 Å². The molecule has 0 aliphatic carbocycles. The topological polar surface area (TPSA) is 76.5 Å². The predicted molar refractivity (Wildman–Crippen MR) is 129 cm³/mol. The van der Waals surface area contributed by atoms with E-state index in [1.807, 2.05) is 14.1 Å². The van der Waals surface area contributed by atoms with Gasteiger partial charge in [0.1, 0.15) is 0 Å². The van der Waals surface area contributed by atoms with E-state index in [4.69, 9.17) is 4.74 Å². The van der Waals surface area contributed by atoms with Crippen molar-refractivity contribution in [3.05, 3.63) is 82.1 Å². The van der Waals surface area contributed by atoms with Gasteiger partial charge in [-0.15, -0.1) is 12.4 Å². The molecule has 3 rings (SSSR count). The lowest BCUT2D eigenvalue weighted by Gasteiger charge is -2.11. The van der Waals surface area contributed by atoms with Crippen molar-refractivity contribution in [2.75, 3.05) is 32.6 Å². The summed E-state index contributed by atoms with van der Waals surface area (Å²) in [5, 5.41) is 6.94. The molecule has 0 aliphatic heterocycles. The number of benzene rings is 2. The fraction of sp³-hybridized carbons (Fsp3) is 0.292. The lowest BCUT2D eigenvalue weighted by Crippen LogP contribution is -2.23. The number of aromatic nitrogens is 2. The second kappa shape index (κ2) is 12.8. The highest BCUT2D eigenvalue weighted by Crippen LogP contribution is 2.19. The first-order chi connectivity index (χ1) is 15.8. The highest BCUT2D eigenvalue weighted by atomic mass is 35.5. The molecule has 1 heterocycles. The molecule has 0 radical (unpaired) electrons. The second-order valence-corrected chi connectivity index (χ2v) is 7.82. The number of hydrogen-bond acceptors (Lipinski definition) is 5. The summed E-state index contributed by atoms with van der Waals surface area (Å²) in [7, 11) is 3.98. The molecule has 2 aromatic carbocycles. The molecule has 3 aromatic rings. The van der Waals surface area contributed by atoms with E-state index >= 15 is 0 Å². The zero-order valence-electron chi connectivity index (χ0n) is 19.0. The summed E-state index contributed by atoms with van der Waals surface area (Å²) in [5.74, 6) is -1.95. The maximum Gasteiger partial charge on any atom is 0.411 e. The third-order valence-corrected chi connectivity index (χ3v) is 4.82. The van der Waals surface area contributed by atoms with E-state index in [-0.39, 0.29) is 24.5 Å². The fourth-order valence-corrected chi connectivity index (χ4v) is 3.14. The van der Waals surface area contributed by atoms with Crippen LogP contribution < -0.4 is 10.9 Å². The summed E-state index contributed by atoms with van der Waals surface area (Å²) in [6, 6.07) is 13.2. The van der Waals surface area contributed by atoms with Crippen LogP contribution in [-0.4, -0.2) is 48.0 Å². The number of anilines is 1. The van der Waals surface area contributed by atoms with Crippen molar-refractivity contribution in [1.29, 1.82) is 0 Å². The highest BCUT2D eigenvalue weighted by molar-refractivity contribution is 5.85. The molecule has 0 bridgehead atoms. The summed E-state index contributed by atoms with van der Waals surface area (Å²) >= 11 is 0. The molecule has 1 amide bonds. The number of nitrogens with one attached hydrogen (secondary N) is 1. The number of halogens is 3. The molecular formula is C24H27ClF2N4O3. The molecule has 0 saturated heterocycles. The van der Waals surface area contributed by atoms with E-state index in [1.54, 1.807) is 24.3 Å². The molecule has 0 aliphatic rings. The van der Waals surface area contributed by atoms with Gasteiger partial charge in [0.2, 0.25) is 0 Å². The van der Waals surface area contributed by atoms with Crippen LogP contribution in [0.25, 0.3) is 11.3 Å². The van der Waals surface area contributed by atoms with Gasteiger partial charge in [-0.25, -0.2) is 18.3 Å². The van der Waals surface area contributed by atoms with Crippen LogP contribution in [0.5, 0.6) is 0 Å². The first kappa shape index (κ1) is 26.9. The van der Waals surface area contributed by atoms with Crippen LogP contribution >= 0.6 is 12.4 Å². The average Bonchev–Trinajstić information content (AvgIpc) is 2.77. The van der Waals surface area contributed by atoms with Crippen LogP contribution in [0.3, 0.4) is 0 Å². The van der Waals surface area contributed by atoms with Gasteiger partial charge in [-0.05, 0) is 75.4 Å². The van der Waals surface area contributed by atoms with Crippen molar-refractivity contribution in [2.24, 2.45) is 0 Å². The minimum atomic E-state index is -0.990. The number of rotatable bonds is 9. The van der Waals surface area contributed by atoms with Crippen molar-refractivity contribution >= 4 is 24.2 Å². The summed E-state index contributed by atoms with van der Waals surface area (Å²) < 4.78 is 33.2. The van der Waals surface area contributed by atoms with Gasteiger partial charge >= 0.3 is 6.09 Å². The number of nitrogens with zero attached hydrogens (tertiary/aromatic N) is 3. The Kier molecular flexibility index (Phi) is 10.2. The number of carbonyl (C=O) groups excluding carboxylic acids is 1. The van der Waals surface area contributed by atoms with Crippen molar-refractivity contribution < 1.29 is 18.3 Å². The zero-order valence-corrected chi connectivity index (χ0v) is 19.8. The molecule has 1 N–H and O–H groups in total. The third kappa shape index (κ3) is 7.93. The minimum Gasteiger partial charge on any atom is -0.449 e. The molecule has 1 aromatic heterocycles. The minimum absolute atomic E-state index is 0. The number of amides is 1. The molecule has 0 atom stereocenters. The smallest absolute Gasteiger partial charge is 0.411 e. The Morgan fingerprint density at radius 3 is 2.59 bits per heavy atom. The Bertz CT molecular complexity index is 1170. The Balaban J connectivity index is 0.00000408. The van der Waals surface area contributed by atoms with Crippen LogP contribution in [0, 0.1) is 11.6 Å². The monoisotopic (exact) mass is 492 g/mol. The Morgan fingerprint density at radius 2 is 1.85 bits per heavy atom. The van der Waals surface area contributed by atoms with Crippen molar-refractivity contribution in [2.45, 2.75) is 19.4 Å². The second-order valence-electron chi connectivity index (χ2n) is 7.82. The Hall–Kier alpha value is -3.30. The van der Waals surface area contributed by atoms with Crippen LogP contribution in [-0.2, 0) is 11.3 Å². The molecule has 0 fully saturated rings. The molecule has 0 spiro atoms. The Morgan fingerprint density at radius 1 is 1.06 bits per heavy atom. The van der Waals surface area contributed by atoms with E-state index in [9.17, 15) is 18.4 Å². The molecule has 10 heteroatoms. The summed E-state index contributed by atoms with van der Waals surface area (Å²) in [6.07, 6.45) is 1.16. The van der Waals surface area contributed by atoms with Crippen molar-refractivity contribution in [3.63, 3.8) is 0 Å². The standard InChI is InChI=1S/C24H26F2N4O3.ClH/c1-29(2)12-3-4-13-33-24(32)27-19-7-5-6-17(14-19)16-30-23(31)11-10-22(28-30)18-8-9-20(25)21(26)15-18;/h5-11,14-15H,3-4,12-13,16H2,1-2H3,(H,27,32);1H. The predicted octanol–water partition coefficient (Wildman–Crippen LogP) is 4.55. The molecule has 0 unspecified atom stereocenters. The lowest BCUT2D eigenvalue weighted by atomic mass is 10.1. The molecule has 182 valence electrons. The number of ether oxygens (including phenoxy) is 1. The van der Waals surface area contributed by atoms with Crippen LogP contribution in [0.4, 0.5) is 19.3 Å². The Labute approximate surface area is 202 Å². The van der Waals surface area contributed by atoms with Gasteiger partial charge in [-0.1, -0.05) is 12.1 Å². The van der Waals surface area contributed by atoms with Crippen LogP contribution in [0.15, 0.2) is 59.4 Å². The van der Waals surface area contributed by atoms with Gasteiger partial charge in [0, 0.05) is 17.3 Å². The van der Waals surface area contributed by atoms with E-state index in [1.165, 1.54) is 22.9 Å². The maximum atomic E-state index is 13.6. The van der Waals surface area contributed by atoms with Crippen LogP contribution in [0.1, 0.15) is 18.4 Å². The van der Waals surface area contributed by atoms with Gasteiger partial charge in [-0.3, -0.25) is 10.1 Å². The first-order valence-electron chi connectivity index (χ1n) is 10.5. The lowest BCUT2D eigenvalue weighted by molar-refractivity contribution is 0.158. The number of carbonyl (C=O) groups is 1. The fourth-order valence-electron chi connectivity index (χ4n) is 3.14. The molecule has 0 saturated carbocycles. The van der Waals surface area contributed by atoms with Gasteiger partial charge in [0.05, 0.1) is 18.8 Å². The molecular weight excluding hydrogens is 466 g/mol. The third-order valence-electron chi connectivity index (χ3n) is 4.82. The van der Waals surface area contributed by atoms with E-state index in [0.29, 0.717) is 23.6 Å². The van der Waals surface area contributed by atoms with E-state index in [0.717, 1.165) is 37.1 Å². The molecule has 7 nitrogen and oxygen atoms in total. The number of unbranched alkanes of at least 4 members (excludes halogenated alkanes) is 1. The van der Waals surface area contributed by atoms with Crippen molar-refractivity contribution in [3.8, 4) is 11.3 Å². The van der Waals surface area contributed by atoms with E-state index < -0.39 is 17.7 Å². The first-order valence-corrected chi connectivity index (χ1v) is 10.5. The van der Waals surface area contributed by atoms with Crippen molar-refractivity contribution in [1.82, 2.24) is 14.7 Å². The zero-order chi connectivity index (χ0) is 23.8. The summed E-state index contributed by atoms with van der Waals surface area (Å²) in [5.41, 5.74) is 1.58. The number of hydrogen-bond donors (Lipinski definition) is 1. The van der Waals surface area contributed by atoms with Gasteiger partial charge in [0.15, 0.2) is 11.6 Å². The molecule has 34 heavy (non-hydrogen) atoms. The quantitative estimate of drug-likeness (QED) is 0.443. The highest BCUT2D eigenvalue weighted by Gasteiger charge is 2.09. The van der Waals surface area contributed by atoms with E-state index in [2.05, 4.69) is 15.3 Å². The average molecular weight is 493 g/mol. The largest absolute Gasteiger partial charge is 0.449 e. The van der Waals surface area contributed by atoms with Crippen LogP contribution in [0.2, 0.25) is 0 Å². The normalized spacial score (nSPS) is 10.6. The summed E-state index contributed by atoms with van der Waals surface area (Å²) in [6.45, 7) is 1.39.